The maximum Gasteiger partial charge on any atom is 0.264 e. The summed E-state index contributed by atoms with van der Waals surface area (Å²) < 4.78 is 0. The van der Waals surface area contributed by atoms with Crippen molar-refractivity contribution in [3.05, 3.63) is 101 Å². The predicted molar refractivity (Wildman–Crippen MR) is 147 cm³/mol. The molecule has 37 heavy (non-hydrogen) atoms. The molecule has 0 spiro atoms. The number of nitrogens with zero attached hydrogens (tertiary/aromatic N) is 5. The summed E-state index contributed by atoms with van der Waals surface area (Å²) >= 11 is 1.41. The van der Waals surface area contributed by atoms with Gasteiger partial charge in [-0.15, -0.1) is 21.5 Å². The van der Waals surface area contributed by atoms with Crippen LogP contribution in [0.1, 0.15) is 15.2 Å². The van der Waals surface area contributed by atoms with Crippen LogP contribution in [-0.4, -0.2) is 71.1 Å². The Morgan fingerprint density at radius 3 is 2.19 bits per heavy atom. The molecule has 2 amide bonds. The SMILES string of the molecule is O=C(CN(CCc1ccccc1)C(=O)c1cccs1)N1CCN(c2ccc(-c3ccccc3)nn2)CC1. The highest BCUT2D eigenvalue weighted by Crippen LogP contribution is 2.19. The second-order valence-corrected chi connectivity index (χ2v) is 9.90. The average molecular weight is 512 g/mol. The van der Waals surface area contributed by atoms with E-state index in [9.17, 15) is 9.59 Å². The number of piperazine rings is 1. The molecule has 0 N–H and O–H groups in total. The van der Waals surface area contributed by atoms with Crippen LogP contribution in [0.25, 0.3) is 11.3 Å². The highest BCUT2D eigenvalue weighted by molar-refractivity contribution is 7.12. The number of hydrogen-bond acceptors (Lipinski definition) is 6. The maximum atomic E-state index is 13.2. The first-order valence-electron chi connectivity index (χ1n) is 12.5. The first kappa shape index (κ1) is 24.6. The fourth-order valence-corrected chi connectivity index (χ4v) is 5.11. The molecule has 0 bridgehead atoms. The van der Waals surface area contributed by atoms with Crippen LogP contribution in [0.2, 0.25) is 0 Å². The standard InChI is InChI=1S/C29H29N5O2S/c35-28(22-34(29(36)26-12-7-21-37-26)16-15-23-8-3-1-4-9-23)33-19-17-32(18-20-33)27-14-13-25(30-31-27)24-10-5-2-6-11-24/h1-14,21H,15-20,22H2. The maximum absolute atomic E-state index is 13.2. The molecule has 7 nitrogen and oxygen atoms in total. The summed E-state index contributed by atoms with van der Waals surface area (Å²) in [5.74, 6) is 0.693. The van der Waals surface area contributed by atoms with Gasteiger partial charge in [-0.1, -0.05) is 66.7 Å². The summed E-state index contributed by atoms with van der Waals surface area (Å²) in [7, 11) is 0. The summed E-state index contributed by atoms with van der Waals surface area (Å²) in [5.41, 5.74) is 3.02. The van der Waals surface area contributed by atoms with Crippen molar-refractivity contribution in [3.8, 4) is 11.3 Å². The van der Waals surface area contributed by atoms with E-state index in [1.807, 2.05) is 95.2 Å². The number of thiophene rings is 1. The zero-order valence-corrected chi connectivity index (χ0v) is 21.4. The number of anilines is 1. The number of aromatic nitrogens is 2. The molecule has 1 aliphatic heterocycles. The van der Waals surface area contributed by atoms with E-state index < -0.39 is 0 Å². The van der Waals surface area contributed by atoms with E-state index in [-0.39, 0.29) is 18.4 Å². The number of carbonyl (C=O) groups excluding carboxylic acids is 2. The average Bonchev–Trinajstić information content (AvgIpc) is 3.51. The van der Waals surface area contributed by atoms with E-state index in [1.54, 1.807) is 4.90 Å². The van der Waals surface area contributed by atoms with Gasteiger partial charge >= 0.3 is 0 Å². The van der Waals surface area contributed by atoms with E-state index in [4.69, 9.17) is 0 Å². The molecule has 188 valence electrons. The van der Waals surface area contributed by atoms with Crippen LogP contribution in [-0.2, 0) is 11.2 Å². The van der Waals surface area contributed by atoms with Gasteiger partial charge in [0.25, 0.3) is 5.91 Å². The minimum Gasteiger partial charge on any atom is -0.352 e. The lowest BCUT2D eigenvalue weighted by Crippen LogP contribution is -2.52. The van der Waals surface area contributed by atoms with Crippen molar-refractivity contribution in [1.82, 2.24) is 20.0 Å². The summed E-state index contributed by atoms with van der Waals surface area (Å²) in [6.07, 6.45) is 0.705. The van der Waals surface area contributed by atoms with Gasteiger partial charge in [0.05, 0.1) is 10.6 Å². The lowest BCUT2D eigenvalue weighted by atomic mass is 10.1. The number of amides is 2. The Morgan fingerprint density at radius 1 is 0.811 bits per heavy atom. The molecule has 4 aromatic rings. The smallest absolute Gasteiger partial charge is 0.264 e. The van der Waals surface area contributed by atoms with Gasteiger partial charge in [-0.25, -0.2) is 0 Å². The normalized spacial score (nSPS) is 13.4. The van der Waals surface area contributed by atoms with Gasteiger partial charge in [0.1, 0.15) is 6.54 Å². The van der Waals surface area contributed by atoms with Crippen molar-refractivity contribution in [3.63, 3.8) is 0 Å². The Balaban J connectivity index is 1.18. The first-order chi connectivity index (χ1) is 18.2. The van der Waals surface area contributed by atoms with Gasteiger partial charge in [0, 0.05) is 38.3 Å². The molecule has 2 aromatic heterocycles. The third-order valence-corrected chi connectivity index (χ3v) is 7.39. The highest BCUT2D eigenvalue weighted by Gasteiger charge is 2.26. The number of benzene rings is 2. The highest BCUT2D eigenvalue weighted by atomic mass is 32.1. The Morgan fingerprint density at radius 2 is 1.54 bits per heavy atom. The van der Waals surface area contributed by atoms with Crippen molar-refractivity contribution < 1.29 is 9.59 Å². The fraction of sp³-hybridized carbons (Fsp3) is 0.241. The van der Waals surface area contributed by atoms with E-state index in [2.05, 4.69) is 15.1 Å². The molecule has 8 heteroatoms. The Labute approximate surface area is 221 Å². The molecule has 0 unspecified atom stereocenters. The Kier molecular flexibility index (Phi) is 7.86. The molecule has 5 rings (SSSR count). The minimum atomic E-state index is -0.0910. The van der Waals surface area contributed by atoms with Crippen LogP contribution in [0.5, 0.6) is 0 Å². The molecule has 3 heterocycles. The molecule has 1 aliphatic rings. The predicted octanol–water partition coefficient (Wildman–Crippen LogP) is 4.24. The van der Waals surface area contributed by atoms with Gasteiger partial charge in [0.2, 0.25) is 5.91 Å². The number of carbonyl (C=O) groups is 2. The molecule has 0 radical (unpaired) electrons. The first-order valence-corrected chi connectivity index (χ1v) is 13.3. The molecular weight excluding hydrogens is 482 g/mol. The molecule has 0 aliphatic carbocycles. The van der Waals surface area contributed by atoms with Crippen LogP contribution >= 0.6 is 11.3 Å². The van der Waals surface area contributed by atoms with Gasteiger partial charge in [-0.3, -0.25) is 9.59 Å². The Bertz CT molecular complexity index is 1290. The van der Waals surface area contributed by atoms with E-state index in [1.165, 1.54) is 11.3 Å². The van der Waals surface area contributed by atoms with E-state index in [0.29, 0.717) is 44.0 Å². The van der Waals surface area contributed by atoms with E-state index in [0.717, 1.165) is 22.6 Å². The largest absolute Gasteiger partial charge is 0.352 e. The minimum absolute atomic E-state index is 0.0249. The lowest BCUT2D eigenvalue weighted by Gasteiger charge is -2.36. The molecule has 0 atom stereocenters. The third-order valence-electron chi connectivity index (χ3n) is 6.53. The van der Waals surface area contributed by atoms with Crippen LogP contribution in [0.15, 0.2) is 90.3 Å². The molecular formula is C29H29N5O2S. The lowest BCUT2D eigenvalue weighted by molar-refractivity contribution is -0.132. The topological polar surface area (TPSA) is 69.6 Å². The van der Waals surface area contributed by atoms with Gasteiger partial charge in [-0.05, 0) is 35.6 Å². The van der Waals surface area contributed by atoms with Crippen LogP contribution in [0, 0.1) is 0 Å². The van der Waals surface area contributed by atoms with E-state index >= 15 is 0 Å². The monoisotopic (exact) mass is 511 g/mol. The third kappa shape index (κ3) is 6.21. The Hall–Kier alpha value is -4.04. The van der Waals surface area contributed by atoms with Crippen LogP contribution in [0.4, 0.5) is 5.82 Å². The zero-order chi connectivity index (χ0) is 25.5. The summed E-state index contributed by atoms with van der Waals surface area (Å²) in [5, 5.41) is 10.7. The van der Waals surface area contributed by atoms with Gasteiger partial charge in [-0.2, -0.15) is 0 Å². The van der Waals surface area contributed by atoms with Crippen molar-refractivity contribution >= 4 is 29.0 Å². The van der Waals surface area contributed by atoms with Crippen LogP contribution in [0.3, 0.4) is 0 Å². The number of rotatable bonds is 8. The van der Waals surface area contributed by atoms with Gasteiger partial charge in [0.15, 0.2) is 5.82 Å². The van der Waals surface area contributed by atoms with Crippen LogP contribution < -0.4 is 4.90 Å². The molecule has 1 fully saturated rings. The zero-order valence-electron chi connectivity index (χ0n) is 20.6. The quantitative estimate of drug-likeness (QED) is 0.354. The van der Waals surface area contributed by atoms with Crippen molar-refractivity contribution in [2.75, 3.05) is 44.2 Å². The molecule has 0 saturated carbocycles. The second kappa shape index (κ2) is 11.8. The number of hydrogen-bond donors (Lipinski definition) is 0. The van der Waals surface area contributed by atoms with Crippen molar-refractivity contribution in [1.29, 1.82) is 0 Å². The van der Waals surface area contributed by atoms with Gasteiger partial charge < -0.3 is 14.7 Å². The molecule has 2 aromatic carbocycles. The second-order valence-electron chi connectivity index (χ2n) is 8.95. The fourth-order valence-electron chi connectivity index (χ4n) is 4.42. The van der Waals surface area contributed by atoms with Crippen molar-refractivity contribution in [2.45, 2.75) is 6.42 Å². The van der Waals surface area contributed by atoms with Crippen molar-refractivity contribution in [2.24, 2.45) is 0 Å². The summed E-state index contributed by atoms with van der Waals surface area (Å²) in [6, 6.07) is 27.7. The summed E-state index contributed by atoms with van der Waals surface area (Å²) in [4.78, 5) is 32.7. The summed E-state index contributed by atoms with van der Waals surface area (Å²) in [6.45, 7) is 3.09. The molecule has 1 saturated heterocycles.